The number of fused-ring (bicyclic) bond motifs is 4. The molecule has 44 heavy (non-hydrogen) atoms. The SMILES string of the molecule is C=C1CCc2cc(-c3nc(C4C5CC5c5cc(-c6cc(Cl)ccc6-n6cc(C(F)(F)F)nn6)cc(=O)n54)[nH]c3F)ccc2N1. The van der Waals surface area contributed by atoms with Crippen LogP contribution in [0, 0.1) is 11.9 Å². The first-order valence-electron chi connectivity index (χ1n) is 13.9. The van der Waals surface area contributed by atoms with Gasteiger partial charge in [-0.3, -0.25) is 4.79 Å². The van der Waals surface area contributed by atoms with Gasteiger partial charge < -0.3 is 14.9 Å². The van der Waals surface area contributed by atoms with Crippen LogP contribution in [-0.2, 0) is 12.6 Å². The van der Waals surface area contributed by atoms with E-state index in [0.29, 0.717) is 27.5 Å². The number of nitrogens with one attached hydrogen (secondary N) is 2. The number of aromatic amines is 1. The average Bonchev–Trinajstić information content (AvgIpc) is 3.28. The van der Waals surface area contributed by atoms with Gasteiger partial charge in [-0.05, 0) is 72.7 Å². The summed E-state index contributed by atoms with van der Waals surface area (Å²) in [6.45, 7) is 3.98. The molecule has 1 aliphatic carbocycles. The summed E-state index contributed by atoms with van der Waals surface area (Å²) >= 11 is 6.28. The van der Waals surface area contributed by atoms with Crippen molar-refractivity contribution in [2.24, 2.45) is 5.92 Å². The van der Waals surface area contributed by atoms with Crippen LogP contribution in [0.5, 0.6) is 0 Å². The number of anilines is 1. The van der Waals surface area contributed by atoms with Crippen molar-refractivity contribution >= 4 is 17.3 Å². The van der Waals surface area contributed by atoms with Gasteiger partial charge in [-0.2, -0.15) is 17.6 Å². The minimum atomic E-state index is -4.66. The molecule has 2 N–H and O–H groups in total. The number of halogens is 5. The van der Waals surface area contributed by atoms with Gasteiger partial charge in [0, 0.05) is 45.2 Å². The molecule has 8 nitrogen and oxygen atoms in total. The van der Waals surface area contributed by atoms with Gasteiger partial charge in [-0.1, -0.05) is 29.5 Å². The summed E-state index contributed by atoms with van der Waals surface area (Å²) in [7, 11) is 0. The molecule has 0 bridgehead atoms. The van der Waals surface area contributed by atoms with Crippen LogP contribution in [0.3, 0.4) is 0 Å². The van der Waals surface area contributed by atoms with Crippen molar-refractivity contribution in [1.29, 1.82) is 0 Å². The molecule has 13 heteroatoms. The molecule has 0 amide bonds. The number of pyridine rings is 1. The predicted molar refractivity (Wildman–Crippen MR) is 155 cm³/mol. The number of aromatic nitrogens is 6. The summed E-state index contributed by atoms with van der Waals surface area (Å²) < 4.78 is 57.6. The normalized spacial score (nSPS) is 20.2. The summed E-state index contributed by atoms with van der Waals surface area (Å²) in [5.74, 6) is -0.0942. The molecule has 3 aromatic heterocycles. The van der Waals surface area contributed by atoms with E-state index in [9.17, 15) is 18.0 Å². The number of imidazole rings is 1. The average molecular weight is 620 g/mol. The van der Waals surface area contributed by atoms with Crippen molar-refractivity contribution in [3.8, 4) is 28.1 Å². The number of alkyl halides is 3. The second-order valence-electron chi connectivity index (χ2n) is 11.4. The monoisotopic (exact) mass is 619 g/mol. The molecular formula is C31H22ClF4N7O. The second kappa shape index (κ2) is 9.39. The van der Waals surface area contributed by atoms with E-state index in [1.807, 2.05) is 24.3 Å². The van der Waals surface area contributed by atoms with E-state index in [-0.39, 0.29) is 28.8 Å². The summed E-state index contributed by atoms with van der Waals surface area (Å²) in [4.78, 5) is 21.1. The molecule has 8 rings (SSSR count). The third-order valence-corrected chi connectivity index (χ3v) is 8.88. The minimum Gasteiger partial charge on any atom is -0.359 e. The first kappa shape index (κ1) is 26.9. The lowest BCUT2D eigenvalue weighted by molar-refractivity contribution is -0.141. The molecule has 2 aromatic carbocycles. The Bertz CT molecular complexity index is 2080. The fraction of sp³-hybridized carbons (Fsp3) is 0.226. The Morgan fingerprint density at radius 1 is 1.05 bits per heavy atom. The molecule has 5 heterocycles. The highest BCUT2D eigenvalue weighted by Gasteiger charge is 2.54. The highest BCUT2D eigenvalue weighted by molar-refractivity contribution is 6.31. The molecule has 3 unspecified atom stereocenters. The van der Waals surface area contributed by atoms with Gasteiger partial charge in [0.15, 0.2) is 5.69 Å². The van der Waals surface area contributed by atoms with Gasteiger partial charge in [0.25, 0.3) is 5.56 Å². The van der Waals surface area contributed by atoms with Crippen LogP contribution in [0.15, 0.2) is 71.8 Å². The van der Waals surface area contributed by atoms with E-state index in [1.165, 1.54) is 18.2 Å². The zero-order chi connectivity index (χ0) is 30.5. The van der Waals surface area contributed by atoms with Crippen molar-refractivity contribution < 1.29 is 17.6 Å². The lowest BCUT2D eigenvalue weighted by Crippen LogP contribution is -2.26. The Hall–Kier alpha value is -4.71. The number of H-pyrrole nitrogens is 1. The molecule has 1 saturated carbocycles. The van der Waals surface area contributed by atoms with E-state index in [1.54, 1.807) is 10.6 Å². The summed E-state index contributed by atoms with van der Waals surface area (Å²) in [6, 6.07) is 13.0. The molecule has 0 saturated heterocycles. The van der Waals surface area contributed by atoms with Crippen LogP contribution < -0.4 is 10.9 Å². The Kier molecular flexibility index (Phi) is 5.74. The van der Waals surface area contributed by atoms with Crippen LogP contribution in [0.1, 0.15) is 47.6 Å². The number of aryl methyl sites for hydroxylation is 1. The zero-order valence-corrected chi connectivity index (χ0v) is 23.5. The van der Waals surface area contributed by atoms with Gasteiger partial charge in [0.1, 0.15) is 11.5 Å². The number of hydrogen-bond acceptors (Lipinski definition) is 5. The fourth-order valence-corrected chi connectivity index (χ4v) is 6.69. The Labute approximate surface area is 252 Å². The molecule has 1 fully saturated rings. The van der Waals surface area contributed by atoms with Crippen molar-refractivity contribution in [3.63, 3.8) is 0 Å². The highest BCUT2D eigenvalue weighted by atomic mass is 35.5. The largest absolute Gasteiger partial charge is 0.436 e. The lowest BCUT2D eigenvalue weighted by Gasteiger charge is -2.20. The van der Waals surface area contributed by atoms with Crippen LogP contribution in [0.4, 0.5) is 23.2 Å². The number of allylic oxidation sites excluding steroid dienone is 1. The highest BCUT2D eigenvalue weighted by Crippen LogP contribution is 2.60. The first-order valence-corrected chi connectivity index (χ1v) is 14.3. The molecule has 3 atom stereocenters. The maximum Gasteiger partial charge on any atom is 0.436 e. The van der Waals surface area contributed by atoms with E-state index >= 15 is 4.39 Å². The smallest absolute Gasteiger partial charge is 0.359 e. The quantitative estimate of drug-likeness (QED) is 0.214. The van der Waals surface area contributed by atoms with Crippen molar-refractivity contribution in [2.45, 2.75) is 37.4 Å². The Balaban J connectivity index is 1.17. The van der Waals surface area contributed by atoms with Crippen molar-refractivity contribution in [3.05, 3.63) is 111 Å². The Morgan fingerprint density at radius 3 is 2.68 bits per heavy atom. The third kappa shape index (κ3) is 4.27. The van der Waals surface area contributed by atoms with E-state index < -0.39 is 23.9 Å². The lowest BCUT2D eigenvalue weighted by atomic mass is 9.98. The van der Waals surface area contributed by atoms with Gasteiger partial charge in [-0.15, -0.1) is 5.10 Å². The van der Waals surface area contributed by atoms with Crippen molar-refractivity contribution in [1.82, 2.24) is 29.5 Å². The van der Waals surface area contributed by atoms with E-state index in [2.05, 4.69) is 32.2 Å². The number of benzene rings is 2. The summed E-state index contributed by atoms with van der Waals surface area (Å²) in [5, 5.41) is 10.5. The van der Waals surface area contributed by atoms with Crippen LogP contribution in [0.2, 0.25) is 5.02 Å². The molecule has 2 aliphatic heterocycles. The van der Waals surface area contributed by atoms with Crippen LogP contribution >= 0.6 is 11.6 Å². The van der Waals surface area contributed by atoms with Gasteiger partial charge in [-0.25, -0.2) is 9.67 Å². The maximum atomic E-state index is 15.3. The number of nitrogens with zero attached hydrogens (tertiary/aromatic N) is 5. The van der Waals surface area contributed by atoms with Crippen LogP contribution in [-0.4, -0.2) is 29.5 Å². The Morgan fingerprint density at radius 2 is 1.89 bits per heavy atom. The number of hydrogen-bond donors (Lipinski definition) is 2. The fourth-order valence-electron chi connectivity index (χ4n) is 6.52. The number of rotatable bonds is 4. The van der Waals surface area contributed by atoms with Crippen LogP contribution in [0.25, 0.3) is 28.1 Å². The van der Waals surface area contributed by atoms with Gasteiger partial charge >= 0.3 is 6.18 Å². The van der Waals surface area contributed by atoms with E-state index in [4.69, 9.17) is 11.6 Å². The predicted octanol–water partition coefficient (Wildman–Crippen LogP) is 6.88. The van der Waals surface area contributed by atoms with Gasteiger partial charge in [0.2, 0.25) is 5.95 Å². The molecule has 3 aliphatic rings. The molecule has 0 radical (unpaired) electrons. The maximum absolute atomic E-state index is 15.3. The first-order chi connectivity index (χ1) is 21.0. The minimum absolute atomic E-state index is 0.0537. The van der Waals surface area contributed by atoms with E-state index in [0.717, 1.165) is 52.8 Å². The third-order valence-electron chi connectivity index (χ3n) is 8.65. The standard InChI is InChI=1S/C31H22ClF4N7O/c1-14-2-3-15-8-16(4-6-22(15)37-14)27-29(33)39-30(38-27)28-21-12-20(21)24-9-17(10-26(44)43(24)28)19-11-18(32)5-7-23(19)42-13-25(40-41-42)31(34,35)36/h4-11,13,20-21,28,37H,1-3,12H2,(H,38,39). The zero-order valence-electron chi connectivity index (χ0n) is 22.8. The van der Waals surface area contributed by atoms with Crippen molar-refractivity contribution in [2.75, 3.05) is 5.32 Å². The molecule has 0 spiro atoms. The molecule has 5 aromatic rings. The second-order valence-corrected chi connectivity index (χ2v) is 11.9. The van der Waals surface area contributed by atoms with Gasteiger partial charge in [0.05, 0.1) is 17.9 Å². The summed E-state index contributed by atoms with van der Waals surface area (Å²) in [6.07, 6.45) is -1.49. The topological polar surface area (TPSA) is 93.4 Å². The summed E-state index contributed by atoms with van der Waals surface area (Å²) in [5.41, 5.74) is 4.23. The molecule has 222 valence electrons. The molecular weight excluding hydrogens is 598 g/mol.